The third kappa shape index (κ3) is 4.34. The number of benzene rings is 2. The van der Waals surface area contributed by atoms with Crippen LogP contribution in [0.4, 0.5) is 0 Å². The van der Waals surface area contributed by atoms with Crippen molar-refractivity contribution < 1.29 is 23.7 Å². The summed E-state index contributed by atoms with van der Waals surface area (Å²) in [5.74, 6) is 2.53. The number of methoxy groups -OCH3 is 2. The van der Waals surface area contributed by atoms with Gasteiger partial charge in [0.25, 0.3) is 0 Å². The van der Waals surface area contributed by atoms with Crippen LogP contribution in [0.5, 0.6) is 23.0 Å². The standard InChI is InChI=1S/C21H23NO5/c1-4-16(15-7-9-17(24-2)19(12-15)25-3)22-21(23)10-6-14-5-8-18-20(11-14)27-13-26-18/h5-12,16H,4,13H2,1-3H3,(H,22,23)/b10-6+/t16-/m0/s1. The van der Waals surface area contributed by atoms with Crippen molar-refractivity contribution in [2.24, 2.45) is 0 Å². The fraction of sp³-hybridized carbons (Fsp3) is 0.286. The zero-order valence-electron chi connectivity index (χ0n) is 15.7. The lowest BCUT2D eigenvalue weighted by atomic mass is 10.0. The molecule has 0 unspecified atom stereocenters. The van der Waals surface area contributed by atoms with E-state index in [9.17, 15) is 4.79 Å². The fourth-order valence-electron chi connectivity index (χ4n) is 2.90. The van der Waals surface area contributed by atoms with Crippen LogP contribution in [0.15, 0.2) is 42.5 Å². The van der Waals surface area contributed by atoms with Crippen molar-refractivity contribution in [2.45, 2.75) is 19.4 Å². The van der Waals surface area contributed by atoms with Gasteiger partial charge in [0.1, 0.15) is 0 Å². The second-order valence-corrected chi connectivity index (χ2v) is 6.03. The molecule has 0 saturated heterocycles. The van der Waals surface area contributed by atoms with Crippen LogP contribution in [0.3, 0.4) is 0 Å². The first-order valence-electron chi connectivity index (χ1n) is 8.74. The number of hydrogen-bond donors (Lipinski definition) is 1. The number of carbonyl (C=O) groups is 1. The first kappa shape index (κ1) is 18.6. The minimum absolute atomic E-state index is 0.126. The van der Waals surface area contributed by atoms with E-state index < -0.39 is 0 Å². The lowest BCUT2D eigenvalue weighted by Crippen LogP contribution is -2.26. The number of carbonyl (C=O) groups excluding carboxylic acids is 1. The van der Waals surface area contributed by atoms with E-state index in [1.165, 1.54) is 6.08 Å². The molecule has 1 amide bonds. The number of ether oxygens (including phenoxy) is 4. The van der Waals surface area contributed by atoms with Crippen LogP contribution < -0.4 is 24.3 Å². The first-order chi connectivity index (χ1) is 13.1. The second kappa shape index (κ2) is 8.49. The summed E-state index contributed by atoms with van der Waals surface area (Å²) in [6.45, 7) is 2.25. The van der Waals surface area contributed by atoms with Crippen LogP contribution >= 0.6 is 0 Å². The predicted molar refractivity (Wildman–Crippen MR) is 102 cm³/mol. The molecule has 2 aromatic rings. The van der Waals surface area contributed by atoms with E-state index in [2.05, 4.69) is 5.32 Å². The minimum atomic E-state index is -0.172. The third-order valence-electron chi connectivity index (χ3n) is 4.36. The summed E-state index contributed by atoms with van der Waals surface area (Å²) in [7, 11) is 3.19. The van der Waals surface area contributed by atoms with Gasteiger partial charge in [-0.15, -0.1) is 0 Å². The van der Waals surface area contributed by atoms with Crippen LogP contribution in [0, 0.1) is 0 Å². The maximum atomic E-state index is 12.4. The Balaban J connectivity index is 1.68. The summed E-state index contributed by atoms with van der Waals surface area (Å²) in [4.78, 5) is 12.4. The van der Waals surface area contributed by atoms with Crippen LogP contribution in [-0.4, -0.2) is 26.9 Å². The van der Waals surface area contributed by atoms with Crippen LogP contribution in [0.2, 0.25) is 0 Å². The molecular weight excluding hydrogens is 346 g/mol. The SMILES string of the molecule is CC[C@H](NC(=O)/C=C/c1ccc2c(c1)OCO2)c1ccc(OC)c(OC)c1. The zero-order valence-corrected chi connectivity index (χ0v) is 15.7. The molecule has 0 aliphatic carbocycles. The number of fused-ring (bicyclic) bond motifs is 1. The average Bonchev–Trinajstić information content (AvgIpc) is 3.17. The molecular formula is C21H23NO5. The molecule has 3 rings (SSSR count). The van der Waals surface area contributed by atoms with E-state index in [0.717, 1.165) is 23.3 Å². The van der Waals surface area contributed by atoms with Crippen LogP contribution in [-0.2, 0) is 4.79 Å². The van der Waals surface area contributed by atoms with Gasteiger partial charge in [0.15, 0.2) is 23.0 Å². The van der Waals surface area contributed by atoms with E-state index >= 15 is 0 Å². The Morgan fingerprint density at radius 1 is 1.11 bits per heavy atom. The monoisotopic (exact) mass is 369 g/mol. The first-order valence-corrected chi connectivity index (χ1v) is 8.74. The molecule has 6 nitrogen and oxygen atoms in total. The highest BCUT2D eigenvalue weighted by molar-refractivity contribution is 5.92. The van der Waals surface area contributed by atoms with E-state index in [1.807, 2.05) is 43.3 Å². The highest BCUT2D eigenvalue weighted by atomic mass is 16.7. The zero-order chi connectivity index (χ0) is 19.2. The summed E-state index contributed by atoms with van der Waals surface area (Å²) in [6, 6.07) is 11.1. The molecule has 0 spiro atoms. The molecule has 1 N–H and O–H groups in total. The Kier molecular flexibility index (Phi) is 5.86. The summed E-state index contributed by atoms with van der Waals surface area (Å²) < 4.78 is 21.2. The van der Waals surface area contributed by atoms with Crippen molar-refractivity contribution in [3.8, 4) is 23.0 Å². The molecule has 1 atom stereocenters. The van der Waals surface area contributed by atoms with Crippen molar-refractivity contribution in [3.05, 3.63) is 53.6 Å². The Hall–Kier alpha value is -3.15. The average molecular weight is 369 g/mol. The van der Waals surface area contributed by atoms with E-state index in [4.69, 9.17) is 18.9 Å². The van der Waals surface area contributed by atoms with Gasteiger partial charge in [0, 0.05) is 6.08 Å². The summed E-state index contributed by atoms with van der Waals surface area (Å²) in [6.07, 6.45) is 4.01. The number of nitrogens with one attached hydrogen (secondary N) is 1. The smallest absolute Gasteiger partial charge is 0.244 e. The maximum absolute atomic E-state index is 12.4. The van der Waals surface area contributed by atoms with Gasteiger partial charge in [-0.2, -0.15) is 0 Å². The third-order valence-corrected chi connectivity index (χ3v) is 4.36. The summed E-state index contributed by atoms with van der Waals surface area (Å²) >= 11 is 0. The van der Waals surface area contributed by atoms with Crippen molar-refractivity contribution in [1.29, 1.82) is 0 Å². The molecule has 0 fully saturated rings. The van der Waals surface area contributed by atoms with Gasteiger partial charge in [-0.25, -0.2) is 0 Å². The van der Waals surface area contributed by atoms with Crippen LogP contribution in [0.25, 0.3) is 6.08 Å². The molecule has 1 aliphatic rings. The van der Waals surface area contributed by atoms with Gasteiger partial charge in [0.05, 0.1) is 20.3 Å². The molecule has 6 heteroatoms. The highest BCUT2D eigenvalue weighted by Crippen LogP contribution is 2.33. The lowest BCUT2D eigenvalue weighted by Gasteiger charge is -2.18. The summed E-state index contributed by atoms with van der Waals surface area (Å²) in [5.41, 5.74) is 1.83. The summed E-state index contributed by atoms with van der Waals surface area (Å²) in [5, 5.41) is 3.02. The van der Waals surface area contributed by atoms with E-state index in [1.54, 1.807) is 20.3 Å². The van der Waals surface area contributed by atoms with Gasteiger partial charge in [-0.1, -0.05) is 19.1 Å². The highest BCUT2D eigenvalue weighted by Gasteiger charge is 2.15. The molecule has 0 bridgehead atoms. The number of hydrogen-bond acceptors (Lipinski definition) is 5. The van der Waals surface area contributed by atoms with Crippen molar-refractivity contribution in [2.75, 3.05) is 21.0 Å². The van der Waals surface area contributed by atoms with Gasteiger partial charge in [-0.3, -0.25) is 4.79 Å². The van der Waals surface area contributed by atoms with Gasteiger partial charge in [0.2, 0.25) is 12.7 Å². The van der Waals surface area contributed by atoms with Gasteiger partial charge < -0.3 is 24.3 Å². The molecule has 2 aromatic carbocycles. The number of rotatable bonds is 7. The van der Waals surface area contributed by atoms with Crippen LogP contribution in [0.1, 0.15) is 30.5 Å². The molecule has 0 radical (unpaired) electrons. The molecule has 27 heavy (non-hydrogen) atoms. The molecule has 1 heterocycles. The molecule has 142 valence electrons. The Labute approximate surface area is 158 Å². The Morgan fingerprint density at radius 3 is 2.63 bits per heavy atom. The maximum Gasteiger partial charge on any atom is 0.244 e. The van der Waals surface area contributed by atoms with E-state index in [0.29, 0.717) is 17.2 Å². The predicted octanol–water partition coefficient (Wildman–Crippen LogP) is 3.71. The molecule has 0 saturated carbocycles. The van der Waals surface area contributed by atoms with Crippen molar-refractivity contribution in [1.82, 2.24) is 5.32 Å². The second-order valence-electron chi connectivity index (χ2n) is 6.03. The van der Waals surface area contributed by atoms with Crippen molar-refractivity contribution in [3.63, 3.8) is 0 Å². The van der Waals surface area contributed by atoms with Gasteiger partial charge in [-0.05, 0) is 47.9 Å². The normalized spacial score (nSPS) is 13.4. The lowest BCUT2D eigenvalue weighted by molar-refractivity contribution is -0.117. The Bertz CT molecular complexity index is 846. The fourth-order valence-corrected chi connectivity index (χ4v) is 2.90. The Morgan fingerprint density at radius 2 is 1.89 bits per heavy atom. The topological polar surface area (TPSA) is 66.0 Å². The minimum Gasteiger partial charge on any atom is -0.493 e. The molecule has 0 aromatic heterocycles. The van der Waals surface area contributed by atoms with Gasteiger partial charge >= 0.3 is 0 Å². The quantitative estimate of drug-likeness (QED) is 0.754. The largest absolute Gasteiger partial charge is 0.493 e. The molecule has 1 aliphatic heterocycles. The number of amides is 1. The van der Waals surface area contributed by atoms with Crippen molar-refractivity contribution >= 4 is 12.0 Å². The van der Waals surface area contributed by atoms with E-state index in [-0.39, 0.29) is 18.7 Å².